The van der Waals surface area contributed by atoms with Gasteiger partial charge in [0.25, 0.3) is 0 Å². The number of pyridine rings is 1. The summed E-state index contributed by atoms with van der Waals surface area (Å²) in [6, 6.07) is 2.45. The van der Waals surface area contributed by atoms with Crippen molar-refractivity contribution >= 4 is 5.65 Å². The molecule has 0 unspecified atom stereocenters. The largest absolute Gasteiger partial charge is 0.420 e. The van der Waals surface area contributed by atoms with Crippen LogP contribution in [-0.2, 0) is 6.18 Å². The second-order valence-electron chi connectivity index (χ2n) is 5.40. The Kier molecular flexibility index (Phi) is 3.61. The number of piperidine rings is 1. The third-order valence-electron chi connectivity index (χ3n) is 4.08. The van der Waals surface area contributed by atoms with E-state index in [1.807, 2.05) is 0 Å². The molecule has 114 valence electrons. The summed E-state index contributed by atoms with van der Waals surface area (Å²) in [7, 11) is 0. The highest BCUT2D eigenvalue weighted by Crippen LogP contribution is 2.33. The summed E-state index contributed by atoms with van der Waals surface area (Å²) < 4.78 is 40.5. The second-order valence-corrected chi connectivity index (χ2v) is 5.40. The van der Waals surface area contributed by atoms with Gasteiger partial charge in [-0.15, -0.1) is 10.2 Å². The first kappa shape index (κ1) is 14.3. The first-order chi connectivity index (χ1) is 10.0. The molecule has 0 spiro atoms. The third-order valence-corrected chi connectivity index (χ3v) is 4.08. The molecule has 0 radical (unpaired) electrons. The van der Waals surface area contributed by atoms with E-state index in [0.717, 1.165) is 38.5 Å². The number of fused-ring (bicyclic) bond motifs is 1. The molecule has 0 aliphatic carbocycles. The molecule has 0 amide bonds. The summed E-state index contributed by atoms with van der Waals surface area (Å²) in [6.45, 7) is 4.90. The van der Waals surface area contributed by atoms with E-state index in [-0.39, 0.29) is 11.6 Å². The van der Waals surface area contributed by atoms with Gasteiger partial charge in [-0.2, -0.15) is 13.2 Å². The van der Waals surface area contributed by atoms with Gasteiger partial charge in [-0.1, -0.05) is 6.92 Å². The van der Waals surface area contributed by atoms with Gasteiger partial charge >= 0.3 is 6.18 Å². The molecule has 1 aliphatic heterocycles. The Morgan fingerprint density at radius 3 is 2.86 bits per heavy atom. The van der Waals surface area contributed by atoms with Crippen LogP contribution in [0, 0.1) is 0 Å². The number of nitrogens with zero attached hydrogens (tertiary/aromatic N) is 4. The lowest BCUT2D eigenvalue weighted by molar-refractivity contribution is -0.136. The molecule has 1 fully saturated rings. The number of likely N-dealkylation sites (N-methyl/N-ethyl adjacent to an activating group) is 1. The Morgan fingerprint density at radius 2 is 2.14 bits per heavy atom. The zero-order chi connectivity index (χ0) is 15.0. The van der Waals surface area contributed by atoms with Crippen LogP contribution in [0.15, 0.2) is 18.3 Å². The van der Waals surface area contributed by atoms with E-state index in [1.165, 1.54) is 10.5 Å². The fourth-order valence-electron chi connectivity index (χ4n) is 2.99. The monoisotopic (exact) mass is 298 g/mol. The maximum absolute atomic E-state index is 13.0. The molecule has 0 N–H and O–H groups in total. The summed E-state index contributed by atoms with van der Waals surface area (Å²) >= 11 is 0. The van der Waals surface area contributed by atoms with E-state index >= 15 is 0 Å². The minimum Gasteiger partial charge on any atom is -0.303 e. The van der Waals surface area contributed by atoms with E-state index in [1.54, 1.807) is 6.20 Å². The number of alkyl halides is 3. The lowest BCUT2D eigenvalue weighted by Crippen LogP contribution is -2.34. The Balaban J connectivity index is 2.01. The van der Waals surface area contributed by atoms with E-state index in [9.17, 15) is 13.2 Å². The highest BCUT2D eigenvalue weighted by molar-refractivity contribution is 5.49. The van der Waals surface area contributed by atoms with Crippen molar-refractivity contribution in [3.63, 3.8) is 0 Å². The molecule has 7 heteroatoms. The van der Waals surface area contributed by atoms with Crippen LogP contribution in [0.2, 0.25) is 0 Å². The summed E-state index contributed by atoms with van der Waals surface area (Å²) in [4.78, 5) is 2.29. The van der Waals surface area contributed by atoms with Crippen LogP contribution in [0.5, 0.6) is 0 Å². The molecule has 1 aliphatic rings. The predicted molar refractivity (Wildman–Crippen MR) is 72.1 cm³/mol. The Labute approximate surface area is 120 Å². The van der Waals surface area contributed by atoms with Gasteiger partial charge in [0.1, 0.15) is 11.4 Å². The lowest BCUT2D eigenvalue weighted by atomic mass is 9.97. The van der Waals surface area contributed by atoms with Crippen LogP contribution in [0.4, 0.5) is 13.2 Å². The van der Waals surface area contributed by atoms with Crippen molar-refractivity contribution in [2.75, 3.05) is 19.6 Å². The fraction of sp³-hybridized carbons (Fsp3) is 0.571. The number of aromatic nitrogens is 3. The molecule has 21 heavy (non-hydrogen) atoms. The van der Waals surface area contributed by atoms with Crippen molar-refractivity contribution < 1.29 is 13.2 Å². The molecule has 4 nitrogen and oxygen atoms in total. The molecule has 2 aromatic heterocycles. The van der Waals surface area contributed by atoms with Crippen molar-refractivity contribution in [1.29, 1.82) is 0 Å². The van der Waals surface area contributed by atoms with Gasteiger partial charge in [-0.25, -0.2) is 0 Å². The third kappa shape index (κ3) is 2.62. The number of halogens is 3. The smallest absolute Gasteiger partial charge is 0.303 e. The molecule has 1 atom stereocenters. The highest BCUT2D eigenvalue weighted by Gasteiger charge is 2.35. The average Bonchev–Trinajstić information content (AvgIpc) is 2.90. The van der Waals surface area contributed by atoms with Crippen LogP contribution < -0.4 is 0 Å². The Hall–Kier alpha value is -1.63. The summed E-state index contributed by atoms with van der Waals surface area (Å²) in [6.07, 6.45) is -0.820. The maximum atomic E-state index is 13.0. The van der Waals surface area contributed by atoms with Gasteiger partial charge in [0.2, 0.25) is 0 Å². The van der Waals surface area contributed by atoms with E-state index in [0.29, 0.717) is 5.82 Å². The van der Waals surface area contributed by atoms with Crippen molar-refractivity contribution in [3.05, 3.63) is 29.7 Å². The fourth-order valence-corrected chi connectivity index (χ4v) is 2.99. The van der Waals surface area contributed by atoms with Crippen molar-refractivity contribution in [2.45, 2.75) is 31.9 Å². The van der Waals surface area contributed by atoms with E-state index in [2.05, 4.69) is 22.0 Å². The standard InChI is InChI=1S/C14H17F3N4/c1-2-20-7-3-5-10(9-20)12-18-19-13-11(14(15,16)17)6-4-8-21(12)13/h4,6,8,10H,2-3,5,7,9H2,1H3/t10-/m1/s1. The number of hydrogen-bond donors (Lipinski definition) is 0. The van der Waals surface area contributed by atoms with Crippen LogP contribution in [0.25, 0.3) is 5.65 Å². The van der Waals surface area contributed by atoms with Gasteiger partial charge < -0.3 is 4.90 Å². The molecule has 1 saturated heterocycles. The number of hydrogen-bond acceptors (Lipinski definition) is 3. The molecular formula is C14H17F3N4. The zero-order valence-electron chi connectivity index (χ0n) is 11.8. The molecule has 0 saturated carbocycles. The van der Waals surface area contributed by atoms with Gasteiger partial charge in [0.05, 0.1) is 0 Å². The van der Waals surface area contributed by atoms with Crippen LogP contribution in [0.1, 0.15) is 37.1 Å². The zero-order valence-corrected chi connectivity index (χ0v) is 11.8. The lowest BCUT2D eigenvalue weighted by Gasteiger charge is -2.30. The van der Waals surface area contributed by atoms with E-state index < -0.39 is 11.7 Å². The van der Waals surface area contributed by atoms with Gasteiger partial charge in [0.15, 0.2) is 5.65 Å². The summed E-state index contributed by atoms with van der Waals surface area (Å²) in [5.74, 6) is 0.770. The van der Waals surface area contributed by atoms with Crippen molar-refractivity contribution in [1.82, 2.24) is 19.5 Å². The molecule has 0 bridgehead atoms. The van der Waals surface area contributed by atoms with Crippen molar-refractivity contribution in [3.8, 4) is 0 Å². The van der Waals surface area contributed by atoms with Gasteiger partial charge in [-0.3, -0.25) is 4.40 Å². The van der Waals surface area contributed by atoms with Crippen LogP contribution >= 0.6 is 0 Å². The second kappa shape index (κ2) is 5.29. The normalized spacial score (nSPS) is 21.0. The minimum absolute atomic E-state index is 0.103. The van der Waals surface area contributed by atoms with Crippen molar-refractivity contribution in [2.24, 2.45) is 0 Å². The maximum Gasteiger partial charge on any atom is 0.420 e. The number of likely N-dealkylation sites (tertiary alicyclic amines) is 1. The quantitative estimate of drug-likeness (QED) is 0.854. The van der Waals surface area contributed by atoms with Gasteiger partial charge in [0, 0.05) is 18.7 Å². The SMILES string of the molecule is CCN1CCC[C@@H](c2nnc3c(C(F)(F)F)cccn23)C1. The van der Waals surface area contributed by atoms with E-state index in [4.69, 9.17) is 0 Å². The van der Waals surface area contributed by atoms with Crippen LogP contribution in [-0.4, -0.2) is 39.1 Å². The molecule has 2 aromatic rings. The first-order valence-electron chi connectivity index (χ1n) is 7.14. The molecular weight excluding hydrogens is 281 g/mol. The average molecular weight is 298 g/mol. The Morgan fingerprint density at radius 1 is 1.33 bits per heavy atom. The Bertz CT molecular complexity index is 635. The molecule has 3 heterocycles. The topological polar surface area (TPSA) is 33.4 Å². The first-order valence-corrected chi connectivity index (χ1v) is 7.14. The number of rotatable bonds is 2. The predicted octanol–water partition coefficient (Wildman–Crippen LogP) is 2.95. The molecule has 0 aromatic carbocycles. The van der Waals surface area contributed by atoms with Crippen LogP contribution in [0.3, 0.4) is 0 Å². The minimum atomic E-state index is -4.41. The summed E-state index contributed by atoms with van der Waals surface area (Å²) in [5, 5.41) is 7.83. The molecule has 3 rings (SSSR count). The van der Waals surface area contributed by atoms with Gasteiger partial charge in [-0.05, 0) is 38.1 Å². The highest BCUT2D eigenvalue weighted by atomic mass is 19.4. The summed E-state index contributed by atoms with van der Waals surface area (Å²) in [5.41, 5.74) is -0.833.